The van der Waals surface area contributed by atoms with Crippen LogP contribution in [0.1, 0.15) is 45.4 Å². The molecule has 17 heavy (non-hydrogen) atoms. The summed E-state index contributed by atoms with van der Waals surface area (Å²) < 4.78 is 0. The topological polar surface area (TPSA) is 66.6 Å². The van der Waals surface area contributed by atoms with Crippen LogP contribution in [0.5, 0.6) is 0 Å². The highest BCUT2D eigenvalue weighted by atomic mass is 16.3. The molecule has 2 aliphatic rings. The third-order valence-corrected chi connectivity index (χ3v) is 4.28. The van der Waals surface area contributed by atoms with Crippen LogP contribution in [0.3, 0.4) is 0 Å². The van der Waals surface area contributed by atoms with Gasteiger partial charge in [-0.05, 0) is 26.2 Å². The van der Waals surface area contributed by atoms with Gasteiger partial charge >= 0.3 is 0 Å². The molecule has 3 atom stereocenters. The van der Waals surface area contributed by atoms with E-state index < -0.39 is 5.60 Å². The van der Waals surface area contributed by atoms with Gasteiger partial charge in [-0.15, -0.1) is 0 Å². The van der Waals surface area contributed by atoms with Crippen molar-refractivity contribution in [2.75, 3.05) is 13.1 Å². The maximum atomic E-state index is 12.0. The molecule has 1 aliphatic carbocycles. The molecule has 0 radical (unpaired) electrons. The lowest BCUT2D eigenvalue weighted by Gasteiger charge is -2.47. The molecule has 0 spiro atoms. The Kier molecular flexibility index (Phi) is 3.73. The van der Waals surface area contributed by atoms with Crippen molar-refractivity contribution < 1.29 is 9.90 Å². The Balaban J connectivity index is 1.95. The highest BCUT2D eigenvalue weighted by molar-refractivity contribution is 5.76. The summed E-state index contributed by atoms with van der Waals surface area (Å²) in [5.74, 6) is 0.426. The summed E-state index contributed by atoms with van der Waals surface area (Å²) in [7, 11) is 0. The molecule has 4 heteroatoms. The zero-order chi connectivity index (χ0) is 12.5. The molecule has 0 aromatic carbocycles. The number of fused-ring (bicyclic) bond motifs is 1. The Morgan fingerprint density at radius 1 is 1.53 bits per heavy atom. The van der Waals surface area contributed by atoms with Gasteiger partial charge in [0.25, 0.3) is 0 Å². The van der Waals surface area contributed by atoms with Gasteiger partial charge in [0.2, 0.25) is 5.91 Å². The molecular formula is C13H24N2O2. The second kappa shape index (κ2) is 4.94. The molecule has 1 aliphatic heterocycles. The SMILES string of the molecule is CC(N)CC(=O)N1CCC2(O)CCCCC2C1. The summed E-state index contributed by atoms with van der Waals surface area (Å²) in [6, 6.07) is -0.0744. The number of carbonyl (C=O) groups excluding carboxylic acids is 1. The van der Waals surface area contributed by atoms with Crippen LogP contribution in [0.4, 0.5) is 0 Å². The third kappa shape index (κ3) is 2.80. The fourth-order valence-electron chi connectivity index (χ4n) is 3.20. The quantitative estimate of drug-likeness (QED) is 0.753. The molecule has 1 saturated carbocycles. The van der Waals surface area contributed by atoms with Crippen LogP contribution in [0, 0.1) is 5.92 Å². The number of hydrogen-bond acceptors (Lipinski definition) is 3. The maximum Gasteiger partial charge on any atom is 0.224 e. The van der Waals surface area contributed by atoms with Crippen molar-refractivity contribution in [1.29, 1.82) is 0 Å². The Hall–Kier alpha value is -0.610. The second-order valence-electron chi connectivity index (χ2n) is 5.82. The number of amides is 1. The largest absolute Gasteiger partial charge is 0.389 e. The van der Waals surface area contributed by atoms with Gasteiger partial charge in [0.1, 0.15) is 0 Å². The first-order valence-corrected chi connectivity index (χ1v) is 6.77. The number of rotatable bonds is 2. The number of hydrogen-bond donors (Lipinski definition) is 2. The Labute approximate surface area is 103 Å². The van der Waals surface area contributed by atoms with Crippen LogP contribution in [0.15, 0.2) is 0 Å². The Morgan fingerprint density at radius 2 is 2.29 bits per heavy atom. The van der Waals surface area contributed by atoms with Crippen molar-refractivity contribution in [3.05, 3.63) is 0 Å². The van der Waals surface area contributed by atoms with E-state index in [1.807, 2.05) is 11.8 Å². The normalized spacial score (nSPS) is 35.2. The van der Waals surface area contributed by atoms with Crippen molar-refractivity contribution in [1.82, 2.24) is 4.90 Å². The predicted molar refractivity (Wildman–Crippen MR) is 66.4 cm³/mol. The Bertz CT molecular complexity index is 293. The molecule has 4 nitrogen and oxygen atoms in total. The van der Waals surface area contributed by atoms with Crippen LogP contribution >= 0.6 is 0 Å². The third-order valence-electron chi connectivity index (χ3n) is 4.28. The molecule has 0 aromatic heterocycles. The molecule has 1 saturated heterocycles. The van der Waals surface area contributed by atoms with E-state index in [1.165, 1.54) is 6.42 Å². The van der Waals surface area contributed by atoms with Crippen LogP contribution in [-0.2, 0) is 4.79 Å². The van der Waals surface area contributed by atoms with Crippen molar-refractivity contribution in [2.45, 2.75) is 57.1 Å². The first-order valence-electron chi connectivity index (χ1n) is 6.77. The van der Waals surface area contributed by atoms with E-state index in [4.69, 9.17) is 5.73 Å². The maximum absolute atomic E-state index is 12.0. The van der Waals surface area contributed by atoms with E-state index in [2.05, 4.69) is 0 Å². The van der Waals surface area contributed by atoms with Crippen LogP contribution < -0.4 is 5.73 Å². The van der Waals surface area contributed by atoms with E-state index in [1.54, 1.807) is 0 Å². The number of likely N-dealkylation sites (tertiary alicyclic amines) is 1. The predicted octanol–water partition coefficient (Wildman–Crippen LogP) is 0.877. The molecule has 3 unspecified atom stereocenters. The van der Waals surface area contributed by atoms with Crippen molar-refractivity contribution >= 4 is 5.91 Å². The minimum Gasteiger partial charge on any atom is -0.389 e. The number of nitrogens with two attached hydrogens (primary N) is 1. The number of piperidine rings is 1. The number of nitrogens with zero attached hydrogens (tertiary/aromatic N) is 1. The van der Waals surface area contributed by atoms with Crippen molar-refractivity contribution in [3.63, 3.8) is 0 Å². The van der Waals surface area contributed by atoms with Gasteiger partial charge in [0, 0.05) is 31.5 Å². The second-order valence-corrected chi connectivity index (χ2v) is 5.82. The average Bonchev–Trinajstić information content (AvgIpc) is 2.26. The van der Waals surface area contributed by atoms with E-state index in [9.17, 15) is 9.90 Å². The highest BCUT2D eigenvalue weighted by Gasteiger charge is 2.43. The van der Waals surface area contributed by atoms with E-state index in [0.29, 0.717) is 13.0 Å². The molecule has 0 bridgehead atoms. The number of carbonyl (C=O) groups is 1. The minimum absolute atomic E-state index is 0.0744. The van der Waals surface area contributed by atoms with Gasteiger partial charge in [0.05, 0.1) is 5.60 Å². The zero-order valence-corrected chi connectivity index (χ0v) is 10.7. The first kappa shape index (κ1) is 12.8. The zero-order valence-electron chi connectivity index (χ0n) is 10.7. The smallest absolute Gasteiger partial charge is 0.224 e. The molecule has 98 valence electrons. The lowest BCUT2D eigenvalue weighted by Crippen LogP contribution is -2.55. The molecule has 3 N–H and O–H groups in total. The van der Waals surface area contributed by atoms with E-state index >= 15 is 0 Å². The lowest BCUT2D eigenvalue weighted by atomic mass is 9.71. The van der Waals surface area contributed by atoms with Gasteiger partial charge < -0.3 is 15.7 Å². The van der Waals surface area contributed by atoms with Crippen LogP contribution in [-0.4, -0.2) is 40.6 Å². The summed E-state index contributed by atoms with van der Waals surface area (Å²) in [4.78, 5) is 13.8. The van der Waals surface area contributed by atoms with Gasteiger partial charge in [-0.1, -0.05) is 12.8 Å². The average molecular weight is 240 g/mol. The van der Waals surface area contributed by atoms with Crippen LogP contribution in [0.25, 0.3) is 0 Å². The van der Waals surface area contributed by atoms with Crippen molar-refractivity contribution in [3.8, 4) is 0 Å². The monoisotopic (exact) mass is 240 g/mol. The fraction of sp³-hybridized carbons (Fsp3) is 0.923. The van der Waals surface area contributed by atoms with Crippen molar-refractivity contribution in [2.24, 2.45) is 11.7 Å². The molecule has 1 heterocycles. The van der Waals surface area contributed by atoms with Gasteiger partial charge in [-0.3, -0.25) is 4.79 Å². The summed E-state index contributed by atoms with van der Waals surface area (Å²) in [5.41, 5.74) is 5.16. The van der Waals surface area contributed by atoms with Gasteiger partial charge in [-0.2, -0.15) is 0 Å². The molecule has 2 fully saturated rings. The minimum atomic E-state index is -0.497. The van der Waals surface area contributed by atoms with Crippen LogP contribution in [0.2, 0.25) is 0 Å². The first-order chi connectivity index (χ1) is 8.01. The van der Waals surface area contributed by atoms with Gasteiger partial charge in [-0.25, -0.2) is 0 Å². The standard InChI is InChI=1S/C13H24N2O2/c1-10(14)8-12(16)15-7-6-13(17)5-3-2-4-11(13)9-15/h10-11,17H,2-9,14H2,1H3. The lowest BCUT2D eigenvalue weighted by molar-refractivity contribution is -0.143. The molecule has 2 rings (SSSR count). The van der Waals surface area contributed by atoms with E-state index in [-0.39, 0.29) is 17.9 Å². The summed E-state index contributed by atoms with van der Waals surface area (Å²) in [5, 5.41) is 10.5. The molecule has 0 aromatic rings. The Morgan fingerprint density at radius 3 is 3.00 bits per heavy atom. The van der Waals surface area contributed by atoms with Gasteiger partial charge in [0.15, 0.2) is 0 Å². The summed E-state index contributed by atoms with van der Waals surface area (Å²) >= 11 is 0. The number of aliphatic hydroxyl groups is 1. The van der Waals surface area contributed by atoms with E-state index in [0.717, 1.165) is 32.2 Å². The molecular weight excluding hydrogens is 216 g/mol. The summed E-state index contributed by atoms with van der Waals surface area (Å²) in [6.45, 7) is 3.28. The summed E-state index contributed by atoms with van der Waals surface area (Å²) in [6.07, 6.45) is 5.43. The fourth-order valence-corrected chi connectivity index (χ4v) is 3.20. The highest BCUT2D eigenvalue weighted by Crippen LogP contribution is 2.39. The molecule has 1 amide bonds.